The zero-order valence-corrected chi connectivity index (χ0v) is 16.2. The third kappa shape index (κ3) is 5.59. The van der Waals surface area contributed by atoms with E-state index < -0.39 is 12.2 Å². The first-order chi connectivity index (χ1) is 13.5. The van der Waals surface area contributed by atoms with Gasteiger partial charge in [0.25, 0.3) is 0 Å². The first-order valence-electron chi connectivity index (χ1n) is 9.41. The molecule has 146 valence electrons. The molecule has 4 nitrogen and oxygen atoms in total. The maximum absolute atomic E-state index is 9.56. The predicted octanol–water partition coefficient (Wildman–Crippen LogP) is 4.95. The number of hydrogen-bond donors (Lipinski definition) is 2. The minimum Gasteiger partial charge on any atom is -0.489 e. The fourth-order valence-corrected chi connectivity index (χ4v) is 2.83. The van der Waals surface area contributed by atoms with Gasteiger partial charge in [0.15, 0.2) is 0 Å². The standard InChI is InChI=1S/C24H26O4/c1-17(25)21-6-10-23(11-7-21)27-15-19-4-3-5-20(14-19)16-28-24-12-8-22(9-13-24)18(2)26/h3-14,17-18,25-26H,15-16H2,1-2H3. The number of hydrogen-bond acceptors (Lipinski definition) is 4. The molecule has 0 spiro atoms. The van der Waals surface area contributed by atoms with Crippen molar-refractivity contribution >= 4 is 0 Å². The van der Waals surface area contributed by atoms with Crippen LogP contribution in [0.1, 0.15) is 48.3 Å². The van der Waals surface area contributed by atoms with Crippen LogP contribution in [0.5, 0.6) is 11.5 Å². The first kappa shape index (κ1) is 19.9. The molecular formula is C24H26O4. The highest BCUT2D eigenvalue weighted by atomic mass is 16.5. The monoisotopic (exact) mass is 378 g/mol. The van der Waals surface area contributed by atoms with E-state index in [0.29, 0.717) is 13.2 Å². The van der Waals surface area contributed by atoms with E-state index in [0.717, 1.165) is 33.8 Å². The normalized spacial score (nSPS) is 13.0. The van der Waals surface area contributed by atoms with Crippen LogP contribution >= 0.6 is 0 Å². The average molecular weight is 378 g/mol. The maximum atomic E-state index is 9.56. The summed E-state index contributed by atoms with van der Waals surface area (Å²) < 4.78 is 11.7. The molecule has 0 heterocycles. The third-order valence-corrected chi connectivity index (χ3v) is 4.53. The molecule has 0 aliphatic heterocycles. The first-order valence-corrected chi connectivity index (χ1v) is 9.41. The smallest absolute Gasteiger partial charge is 0.119 e. The Morgan fingerprint density at radius 2 is 1.04 bits per heavy atom. The minimum atomic E-state index is -0.478. The molecule has 4 heteroatoms. The summed E-state index contributed by atoms with van der Waals surface area (Å²) in [5.41, 5.74) is 3.86. The Balaban J connectivity index is 1.54. The number of rotatable bonds is 8. The molecule has 0 amide bonds. The van der Waals surface area contributed by atoms with Crippen LogP contribution in [0, 0.1) is 0 Å². The predicted molar refractivity (Wildman–Crippen MR) is 109 cm³/mol. The van der Waals surface area contributed by atoms with Crippen molar-refractivity contribution in [2.45, 2.75) is 39.3 Å². The molecule has 3 aromatic rings. The second-order valence-electron chi connectivity index (χ2n) is 6.89. The van der Waals surface area contributed by atoms with Crippen LogP contribution < -0.4 is 9.47 Å². The molecule has 2 atom stereocenters. The van der Waals surface area contributed by atoms with Crippen LogP contribution in [0.15, 0.2) is 72.8 Å². The summed E-state index contributed by atoms with van der Waals surface area (Å²) in [6.45, 7) is 4.41. The topological polar surface area (TPSA) is 58.9 Å². The van der Waals surface area contributed by atoms with Crippen molar-refractivity contribution in [3.63, 3.8) is 0 Å². The SMILES string of the molecule is CC(O)c1ccc(OCc2cccc(COc3ccc(C(C)O)cc3)c2)cc1. The van der Waals surface area contributed by atoms with Gasteiger partial charge in [-0.2, -0.15) is 0 Å². The zero-order chi connectivity index (χ0) is 19.9. The summed E-state index contributed by atoms with van der Waals surface area (Å²) in [4.78, 5) is 0. The Hall–Kier alpha value is -2.82. The van der Waals surface area contributed by atoms with Gasteiger partial charge in [-0.3, -0.25) is 0 Å². The quantitative estimate of drug-likeness (QED) is 0.582. The van der Waals surface area contributed by atoms with Gasteiger partial charge in [-0.05, 0) is 66.4 Å². The lowest BCUT2D eigenvalue weighted by Crippen LogP contribution is -2.00. The fourth-order valence-electron chi connectivity index (χ4n) is 2.83. The molecule has 3 rings (SSSR count). The van der Waals surface area contributed by atoms with Crippen molar-refractivity contribution in [2.75, 3.05) is 0 Å². The van der Waals surface area contributed by atoms with Crippen molar-refractivity contribution in [1.29, 1.82) is 0 Å². The van der Waals surface area contributed by atoms with E-state index in [1.807, 2.05) is 66.7 Å². The van der Waals surface area contributed by atoms with Crippen LogP contribution in [0.4, 0.5) is 0 Å². The highest BCUT2D eigenvalue weighted by Crippen LogP contribution is 2.20. The highest BCUT2D eigenvalue weighted by molar-refractivity contribution is 5.30. The summed E-state index contributed by atoms with van der Waals surface area (Å²) in [6, 6.07) is 23.0. The number of benzene rings is 3. The van der Waals surface area contributed by atoms with Crippen LogP contribution in [0.25, 0.3) is 0 Å². The van der Waals surface area contributed by atoms with Crippen molar-refractivity contribution in [3.8, 4) is 11.5 Å². The second-order valence-corrected chi connectivity index (χ2v) is 6.89. The Morgan fingerprint density at radius 1 is 0.643 bits per heavy atom. The molecule has 0 radical (unpaired) electrons. The van der Waals surface area contributed by atoms with Gasteiger partial charge in [0.05, 0.1) is 12.2 Å². The van der Waals surface area contributed by atoms with E-state index >= 15 is 0 Å². The van der Waals surface area contributed by atoms with Crippen LogP contribution in [0.3, 0.4) is 0 Å². The van der Waals surface area contributed by atoms with Crippen LogP contribution in [0.2, 0.25) is 0 Å². The van der Waals surface area contributed by atoms with E-state index in [2.05, 4.69) is 6.07 Å². The lowest BCUT2D eigenvalue weighted by atomic mass is 10.1. The average Bonchev–Trinajstić information content (AvgIpc) is 2.71. The molecular weight excluding hydrogens is 352 g/mol. The Bertz CT molecular complexity index is 797. The molecule has 2 N–H and O–H groups in total. The second kappa shape index (κ2) is 9.40. The highest BCUT2D eigenvalue weighted by Gasteiger charge is 2.04. The summed E-state index contributed by atoms with van der Waals surface area (Å²) in [5, 5.41) is 19.1. The lowest BCUT2D eigenvalue weighted by molar-refractivity contribution is 0.198. The fraction of sp³-hybridized carbons (Fsp3) is 0.250. The van der Waals surface area contributed by atoms with E-state index in [1.165, 1.54) is 0 Å². The molecule has 28 heavy (non-hydrogen) atoms. The number of ether oxygens (including phenoxy) is 2. The van der Waals surface area contributed by atoms with Gasteiger partial charge >= 0.3 is 0 Å². The lowest BCUT2D eigenvalue weighted by Gasteiger charge is -2.11. The van der Waals surface area contributed by atoms with Gasteiger partial charge in [-0.25, -0.2) is 0 Å². The molecule has 3 aromatic carbocycles. The number of aliphatic hydroxyl groups is 2. The summed E-state index contributed by atoms with van der Waals surface area (Å²) in [7, 11) is 0. The van der Waals surface area contributed by atoms with Crippen molar-refractivity contribution < 1.29 is 19.7 Å². The molecule has 0 saturated carbocycles. The van der Waals surface area contributed by atoms with Gasteiger partial charge in [0.1, 0.15) is 24.7 Å². The molecule has 0 aromatic heterocycles. The molecule has 0 saturated heterocycles. The van der Waals surface area contributed by atoms with Gasteiger partial charge in [-0.15, -0.1) is 0 Å². The van der Waals surface area contributed by atoms with E-state index in [4.69, 9.17) is 9.47 Å². The Labute approximate surface area is 166 Å². The van der Waals surface area contributed by atoms with Crippen molar-refractivity contribution in [3.05, 3.63) is 95.1 Å². The van der Waals surface area contributed by atoms with E-state index in [-0.39, 0.29) is 0 Å². The van der Waals surface area contributed by atoms with Crippen molar-refractivity contribution in [1.82, 2.24) is 0 Å². The van der Waals surface area contributed by atoms with Crippen LogP contribution in [-0.4, -0.2) is 10.2 Å². The zero-order valence-electron chi connectivity index (χ0n) is 16.2. The van der Waals surface area contributed by atoms with Crippen LogP contribution in [-0.2, 0) is 13.2 Å². The van der Waals surface area contributed by atoms with Gasteiger partial charge in [-0.1, -0.05) is 42.5 Å². The molecule has 0 fully saturated rings. The van der Waals surface area contributed by atoms with Gasteiger partial charge < -0.3 is 19.7 Å². The van der Waals surface area contributed by atoms with E-state index in [9.17, 15) is 10.2 Å². The number of aliphatic hydroxyl groups excluding tert-OH is 2. The van der Waals surface area contributed by atoms with Crippen molar-refractivity contribution in [2.24, 2.45) is 0 Å². The van der Waals surface area contributed by atoms with Gasteiger partial charge in [0.2, 0.25) is 0 Å². The summed E-state index contributed by atoms with van der Waals surface area (Å²) >= 11 is 0. The Morgan fingerprint density at radius 3 is 1.39 bits per heavy atom. The molecule has 0 aliphatic rings. The minimum absolute atomic E-state index is 0.463. The summed E-state index contributed by atoms with van der Waals surface area (Å²) in [6.07, 6.45) is -0.956. The van der Waals surface area contributed by atoms with E-state index in [1.54, 1.807) is 13.8 Å². The van der Waals surface area contributed by atoms with Gasteiger partial charge in [0, 0.05) is 0 Å². The largest absolute Gasteiger partial charge is 0.489 e. The molecule has 2 unspecified atom stereocenters. The third-order valence-electron chi connectivity index (χ3n) is 4.53. The maximum Gasteiger partial charge on any atom is 0.119 e. The Kier molecular flexibility index (Phi) is 6.69. The summed E-state index contributed by atoms with van der Waals surface area (Å²) in [5.74, 6) is 1.54. The molecule has 0 bridgehead atoms. The molecule has 0 aliphatic carbocycles.